The van der Waals surface area contributed by atoms with Crippen molar-refractivity contribution in [3.8, 4) is 5.75 Å². The van der Waals surface area contributed by atoms with Crippen molar-refractivity contribution in [3.63, 3.8) is 0 Å². The van der Waals surface area contributed by atoms with Gasteiger partial charge in [0.25, 0.3) is 0 Å². The van der Waals surface area contributed by atoms with E-state index in [1.807, 2.05) is 12.1 Å². The zero-order valence-electron chi connectivity index (χ0n) is 10.4. The number of aryl methyl sites for hydroxylation is 1. The highest BCUT2D eigenvalue weighted by Gasteiger charge is 1.90. The van der Waals surface area contributed by atoms with Crippen LogP contribution < -0.4 is 5.32 Å². The van der Waals surface area contributed by atoms with E-state index in [1.165, 1.54) is 11.3 Å². The lowest BCUT2D eigenvalue weighted by Gasteiger charge is -2.04. The van der Waals surface area contributed by atoms with Crippen molar-refractivity contribution in [3.05, 3.63) is 60.2 Å². The molecule has 0 atom stereocenters. The second kappa shape index (κ2) is 7.34. The molecule has 0 aliphatic carbocycles. The monoisotopic (exact) mass is 229 g/mol. The molecule has 0 heterocycles. The normalized spacial score (nSPS) is 9.06. The van der Waals surface area contributed by atoms with Crippen LogP contribution in [-0.4, -0.2) is 11.7 Å². The molecule has 2 aromatic rings. The van der Waals surface area contributed by atoms with Crippen molar-refractivity contribution < 1.29 is 5.11 Å². The lowest BCUT2D eigenvalue weighted by molar-refractivity contribution is 0.475. The summed E-state index contributed by atoms with van der Waals surface area (Å²) in [4.78, 5) is 0. The fourth-order valence-electron chi connectivity index (χ4n) is 1.39. The van der Waals surface area contributed by atoms with Crippen molar-refractivity contribution in [2.45, 2.75) is 13.8 Å². The highest BCUT2D eigenvalue weighted by molar-refractivity contribution is 5.49. The largest absolute Gasteiger partial charge is 0.508 e. The number of hydrogen-bond acceptors (Lipinski definition) is 2. The maximum atomic E-state index is 8.63. The number of nitrogens with one attached hydrogen (secondary N) is 1. The van der Waals surface area contributed by atoms with Gasteiger partial charge in [0.1, 0.15) is 5.75 Å². The minimum atomic E-state index is 0.322. The van der Waals surface area contributed by atoms with Crippen LogP contribution in [0.25, 0.3) is 0 Å². The molecule has 0 radical (unpaired) electrons. The Morgan fingerprint density at radius 2 is 1.53 bits per heavy atom. The summed E-state index contributed by atoms with van der Waals surface area (Å²) in [7, 11) is 0. The first-order chi connectivity index (χ1) is 8.24. The molecule has 2 aromatic carbocycles. The summed E-state index contributed by atoms with van der Waals surface area (Å²) in [5, 5.41) is 11.9. The maximum absolute atomic E-state index is 8.63. The zero-order chi connectivity index (χ0) is 12.5. The Morgan fingerprint density at radius 3 is 2.00 bits per heavy atom. The second-order valence-electron chi connectivity index (χ2n) is 3.68. The summed E-state index contributed by atoms with van der Waals surface area (Å²) in [6.07, 6.45) is 0. The Balaban J connectivity index is 0.000000181. The van der Waals surface area contributed by atoms with E-state index in [0.717, 1.165) is 6.54 Å². The number of aromatic hydroxyl groups is 1. The van der Waals surface area contributed by atoms with Crippen molar-refractivity contribution in [1.82, 2.24) is 0 Å². The predicted octanol–water partition coefficient (Wildman–Crippen LogP) is 3.82. The SMILES string of the molecule is CCNc1ccccc1C.Oc1ccccc1. The Bertz CT molecular complexity index is 426. The smallest absolute Gasteiger partial charge is 0.115 e. The molecule has 2 rings (SSSR count). The molecule has 0 bridgehead atoms. The number of hydrogen-bond donors (Lipinski definition) is 2. The summed E-state index contributed by atoms with van der Waals surface area (Å²) in [6, 6.07) is 17.0. The Hall–Kier alpha value is -1.96. The Labute approximate surface area is 103 Å². The molecule has 0 unspecified atom stereocenters. The summed E-state index contributed by atoms with van der Waals surface area (Å²) in [6.45, 7) is 5.20. The first-order valence-corrected chi connectivity index (χ1v) is 5.77. The van der Waals surface area contributed by atoms with E-state index in [2.05, 4.69) is 37.4 Å². The van der Waals surface area contributed by atoms with Gasteiger partial charge in [-0.2, -0.15) is 0 Å². The van der Waals surface area contributed by atoms with Gasteiger partial charge in [0.2, 0.25) is 0 Å². The quantitative estimate of drug-likeness (QED) is 0.820. The third kappa shape index (κ3) is 5.07. The molecular weight excluding hydrogens is 210 g/mol. The molecule has 0 saturated carbocycles. The summed E-state index contributed by atoms with van der Waals surface area (Å²) >= 11 is 0. The number of phenolic OH excluding ortho intramolecular Hbond substituents is 1. The van der Waals surface area contributed by atoms with Gasteiger partial charge in [-0.3, -0.25) is 0 Å². The van der Waals surface area contributed by atoms with Crippen molar-refractivity contribution in [1.29, 1.82) is 0 Å². The van der Waals surface area contributed by atoms with Crippen molar-refractivity contribution in [2.75, 3.05) is 11.9 Å². The summed E-state index contributed by atoms with van der Waals surface area (Å²) in [5.41, 5.74) is 2.55. The highest BCUT2D eigenvalue weighted by Crippen LogP contribution is 2.11. The van der Waals surface area contributed by atoms with Gasteiger partial charge in [0.05, 0.1) is 0 Å². The van der Waals surface area contributed by atoms with Crippen LogP contribution >= 0.6 is 0 Å². The van der Waals surface area contributed by atoms with E-state index < -0.39 is 0 Å². The number of benzene rings is 2. The third-order valence-corrected chi connectivity index (χ3v) is 2.27. The average Bonchev–Trinajstić information content (AvgIpc) is 2.34. The van der Waals surface area contributed by atoms with Gasteiger partial charge in [-0.15, -0.1) is 0 Å². The highest BCUT2D eigenvalue weighted by atomic mass is 16.3. The van der Waals surface area contributed by atoms with Gasteiger partial charge in [-0.25, -0.2) is 0 Å². The van der Waals surface area contributed by atoms with Crippen molar-refractivity contribution in [2.24, 2.45) is 0 Å². The number of para-hydroxylation sites is 2. The number of rotatable bonds is 2. The first-order valence-electron chi connectivity index (χ1n) is 5.77. The zero-order valence-corrected chi connectivity index (χ0v) is 10.4. The molecule has 2 heteroatoms. The molecule has 2 nitrogen and oxygen atoms in total. The Kier molecular flexibility index (Phi) is 5.66. The van der Waals surface area contributed by atoms with Gasteiger partial charge >= 0.3 is 0 Å². The van der Waals surface area contributed by atoms with E-state index >= 15 is 0 Å². The van der Waals surface area contributed by atoms with Crippen LogP contribution in [0.3, 0.4) is 0 Å². The minimum absolute atomic E-state index is 0.322. The molecule has 0 aromatic heterocycles. The number of anilines is 1. The Morgan fingerprint density at radius 1 is 0.941 bits per heavy atom. The lowest BCUT2D eigenvalue weighted by atomic mass is 10.2. The van der Waals surface area contributed by atoms with Crippen LogP contribution in [0.15, 0.2) is 54.6 Å². The van der Waals surface area contributed by atoms with Crippen LogP contribution in [0, 0.1) is 6.92 Å². The fourth-order valence-corrected chi connectivity index (χ4v) is 1.39. The van der Waals surface area contributed by atoms with Crippen LogP contribution in [0.1, 0.15) is 12.5 Å². The molecule has 0 spiro atoms. The molecule has 0 aliphatic heterocycles. The number of phenols is 1. The van der Waals surface area contributed by atoms with E-state index in [1.54, 1.807) is 24.3 Å². The summed E-state index contributed by atoms with van der Waals surface area (Å²) < 4.78 is 0. The van der Waals surface area contributed by atoms with E-state index in [4.69, 9.17) is 5.11 Å². The molecule has 0 amide bonds. The second-order valence-corrected chi connectivity index (χ2v) is 3.68. The average molecular weight is 229 g/mol. The first kappa shape index (κ1) is 13.1. The van der Waals surface area contributed by atoms with Gasteiger partial charge < -0.3 is 10.4 Å². The van der Waals surface area contributed by atoms with Crippen LogP contribution in [-0.2, 0) is 0 Å². The van der Waals surface area contributed by atoms with Gasteiger partial charge in [0, 0.05) is 12.2 Å². The van der Waals surface area contributed by atoms with Gasteiger partial charge in [0.15, 0.2) is 0 Å². The summed E-state index contributed by atoms with van der Waals surface area (Å²) in [5.74, 6) is 0.322. The van der Waals surface area contributed by atoms with Gasteiger partial charge in [-0.1, -0.05) is 36.4 Å². The molecule has 0 aliphatic rings. The molecular formula is C15H19NO. The topological polar surface area (TPSA) is 32.3 Å². The molecule has 17 heavy (non-hydrogen) atoms. The van der Waals surface area contributed by atoms with Crippen LogP contribution in [0.5, 0.6) is 5.75 Å². The van der Waals surface area contributed by atoms with Gasteiger partial charge in [-0.05, 0) is 37.6 Å². The molecule has 90 valence electrons. The van der Waals surface area contributed by atoms with E-state index in [9.17, 15) is 0 Å². The standard InChI is InChI=1S/C9H13N.C6H6O/c1-3-10-9-7-5-4-6-8(9)2;7-6-4-2-1-3-5-6/h4-7,10H,3H2,1-2H3;1-5,7H. The maximum Gasteiger partial charge on any atom is 0.115 e. The van der Waals surface area contributed by atoms with Crippen LogP contribution in [0.4, 0.5) is 5.69 Å². The van der Waals surface area contributed by atoms with Crippen LogP contribution in [0.2, 0.25) is 0 Å². The molecule has 0 saturated heterocycles. The molecule has 0 fully saturated rings. The van der Waals surface area contributed by atoms with Crippen molar-refractivity contribution >= 4 is 5.69 Å². The van der Waals surface area contributed by atoms with E-state index in [-0.39, 0.29) is 0 Å². The third-order valence-electron chi connectivity index (χ3n) is 2.27. The molecule has 2 N–H and O–H groups in total. The minimum Gasteiger partial charge on any atom is -0.508 e. The predicted molar refractivity (Wildman–Crippen MR) is 73.4 cm³/mol. The lowest BCUT2D eigenvalue weighted by Crippen LogP contribution is -1.97. The van der Waals surface area contributed by atoms with E-state index in [0.29, 0.717) is 5.75 Å². The fraction of sp³-hybridized carbons (Fsp3) is 0.200.